The van der Waals surface area contributed by atoms with Crippen molar-refractivity contribution in [3.8, 4) is 0 Å². The Labute approximate surface area is 102 Å². The molecule has 1 spiro atoms. The van der Waals surface area contributed by atoms with Crippen LogP contribution in [-0.2, 0) is 14.8 Å². The second-order valence-corrected chi connectivity index (χ2v) is 8.28. The summed E-state index contributed by atoms with van der Waals surface area (Å²) < 4.78 is 25.6. The minimum atomic E-state index is -3.38. The molecule has 0 N–H and O–H groups in total. The third kappa shape index (κ3) is 1.09. The van der Waals surface area contributed by atoms with E-state index in [0.717, 1.165) is 19.3 Å². The fourth-order valence-corrected chi connectivity index (χ4v) is 7.27. The van der Waals surface area contributed by atoms with Gasteiger partial charge in [-0.05, 0) is 30.6 Å². The minimum absolute atomic E-state index is 0.0505. The van der Waals surface area contributed by atoms with Crippen molar-refractivity contribution in [2.24, 2.45) is 16.7 Å². The van der Waals surface area contributed by atoms with Gasteiger partial charge in [-0.1, -0.05) is 13.8 Å². The largest absolute Gasteiger partial charge is 0.274 e. The molecule has 96 valence electrons. The van der Waals surface area contributed by atoms with Crippen molar-refractivity contribution in [2.45, 2.75) is 46.1 Å². The maximum Gasteiger partial charge on any atom is 0.238 e. The van der Waals surface area contributed by atoms with Crippen LogP contribution in [0.2, 0.25) is 0 Å². The lowest BCUT2D eigenvalue weighted by Gasteiger charge is -2.36. The summed E-state index contributed by atoms with van der Waals surface area (Å²) in [7, 11) is -3.38. The summed E-state index contributed by atoms with van der Waals surface area (Å²) in [5.41, 5.74) is -0.128. The van der Waals surface area contributed by atoms with Gasteiger partial charge in [0.2, 0.25) is 15.9 Å². The van der Waals surface area contributed by atoms with Crippen molar-refractivity contribution in [1.29, 1.82) is 0 Å². The molecule has 0 aromatic carbocycles. The zero-order chi connectivity index (χ0) is 12.6. The van der Waals surface area contributed by atoms with E-state index in [2.05, 4.69) is 13.8 Å². The molecule has 1 saturated heterocycles. The van der Waals surface area contributed by atoms with Gasteiger partial charge >= 0.3 is 0 Å². The molecule has 2 saturated carbocycles. The van der Waals surface area contributed by atoms with Crippen LogP contribution in [0.3, 0.4) is 0 Å². The Hall–Kier alpha value is -0.580. The van der Waals surface area contributed by atoms with Crippen molar-refractivity contribution >= 4 is 15.9 Å². The lowest BCUT2D eigenvalue weighted by atomic mass is 9.69. The Morgan fingerprint density at radius 1 is 1.35 bits per heavy atom. The highest BCUT2D eigenvalue weighted by Gasteiger charge is 2.71. The first-order valence-corrected chi connectivity index (χ1v) is 7.86. The molecule has 3 fully saturated rings. The van der Waals surface area contributed by atoms with Gasteiger partial charge in [0.25, 0.3) is 0 Å². The molecular weight excluding hydrogens is 239 g/mol. The molecule has 0 unspecified atom stereocenters. The van der Waals surface area contributed by atoms with E-state index in [1.165, 1.54) is 11.2 Å². The number of carbonyl (C=O) groups excluding carboxylic acids is 1. The van der Waals surface area contributed by atoms with Gasteiger partial charge in [-0.15, -0.1) is 0 Å². The van der Waals surface area contributed by atoms with E-state index in [4.69, 9.17) is 0 Å². The molecule has 4 nitrogen and oxygen atoms in total. The lowest BCUT2D eigenvalue weighted by Crippen LogP contribution is -2.43. The zero-order valence-electron chi connectivity index (χ0n) is 10.6. The van der Waals surface area contributed by atoms with Crippen LogP contribution in [0.15, 0.2) is 0 Å². The lowest BCUT2D eigenvalue weighted by molar-refractivity contribution is -0.126. The molecule has 3 atom stereocenters. The van der Waals surface area contributed by atoms with E-state index in [1.807, 2.05) is 0 Å². The number of sulfonamides is 1. The zero-order valence-corrected chi connectivity index (χ0v) is 11.4. The molecule has 2 aliphatic carbocycles. The fraction of sp³-hybridized carbons (Fsp3) is 0.917. The van der Waals surface area contributed by atoms with Gasteiger partial charge in [-0.25, -0.2) is 12.7 Å². The molecule has 3 aliphatic rings. The summed E-state index contributed by atoms with van der Waals surface area (Å²) in [4.78, 5) is 11.6. The normalized spacial score (nSPS) is 45.0. The van der Waals surface area contributed by atoms with Crippen LogP contribution in [0.1, 0.15) is 40.0 Å². The molecule has 0 radical (unpaired) electrons. The summed E-state index contributed by atoms with van der Waals surface area (Å²) in [6.07, 6.45) is 2.94. The highest BCUT2D eigenvalue weighted by atomic mass is 32.2. The molecule has 17 heavy (non-hydrogen) atoms. The van der Waals surface area contributed by atoms with E-state index in [1.54, 1.807) is 0 Å². The Morgan fingerprint density at radius 3 is 2.53 bits per heavy atom. The van der Waals surface area contributed by atoms with Crippen molar-refractivity contribution in [3.63, 3.8) is 0 Å². The van der Waals surface area contributed by atoms with E-state index in [-0.39, 0.29) is 28.5 Å². The van der Waals surface area contributed by atoms with Crippen LogP contribution in [0, 0.1) is 16.7 Å². The number of amides is 1. The van der Waals surface area contributed by atoms with Crippen LogP contribution in [0.5, 0.6) is 0 Å². The maximum atomic E-state index is 12.2. The van der Waals surface area contributed by atoms with Crippen LogP contribution < -0.4 is 0 Å². The summed E-state index contributed by atoms with van der Waals surface area (Å²) >= 11 is 0. The van der Waals surface area contributed by atoms with E-state index >= 15 is 0 Å². The standard InChI is InChI=1S/C12H19NO3S/c1-8(14)13-10-6-9-4-5-12(10,11(9,2)3)7-17(13,15)16/h9-10H,4-7H2,1-3H3/t9-,10-,12-/m1/s1/i8+1. The monoisotopic (exact) mass is 258 g/mol. The van der Waals surface area contributed by atoms with Crippen molar-refractivity contribution in [2.75, 3.05) is 5.75 Å². The van der Waals surface area contributed by atoms with Gasteiger partial charge in [0.15, 0.2) is 0 Å². The number of hydrogen-bond donors (Lipinski definition) is 0. The predicted molar refractivity (Wildman–Crippen MR) is 63.6 cm³/mol. The molecule has 1 aliphatic heterocycles. The Kier molecular flexibility index (Phi) is 1.94. The van der Waals surface area contributed by atoms with Gasteiger partial charge in [-0.2, -0.15) is 0 Å². The topological polar surface area (TPSA) is 54.5 Å². The summed E-state index contributed by atoms with van der Waals surface area (Å²) in [6, 6.07) is -0.0706. The second kappa shape index (κ2) is 2.87. The summed E-state index contributed by atoms with van der Waals surface area (Å²) in [6.45, 7) is 5.74. The quantitative estimate of drug-likeness (QED) is 0.617. The smallest absolute Gasteiger partial charge is 0.238 e. The molecular formula is C12H19NO3S. The molecule has 5 heteroatoms. The molecule has 2 bridgehead atoms. The third-order valence-electron chi connectivity index (χ3n) is 5.72. The number of rotatable bonds is 0. The van der Waals surface area contributed by atoms with Crippen LogP contribution in [-0.4, -0.2) is 30.4 Å². The highest BCUT2D eigenvalue weighted by Crippen LogP contribution is 2.69. The Balaban J connectivity index is 2.15. The van der Waals surface area contributed by atoms with Gasteiger partial charge in [0.05, 0.1) is 11.8 Å². The van der Waals surface area contributed by atoms with E-state index in [0.29, 0.717) is 5.92 Å². The van der Waals surface area contributed by atoms with E-state index in [9.17, 15) is 13.2 Å². The number of carbonyl (C=O) groups is 1. The molecule has 1 heterocycles. The SMILES string of the molecule is C[13C](=O)N1[C@@H]2C[C@H]3CC[C@]2(CS1(=O)=O)C3(C)C. The second-order valence-electron chi connectivity index (χ2n) is 6.44. The number of hydrogen-bond acceptors (Lipinski definition) is 3. The maximum absolute atomic E-state index is 12.2. The van der Waals surface area contributed by atoms with Crippen molar-refractivity contribution < 1.29 is 13.2 Å². The first kappa shape index (κ1) is 11.5. The number of nitrogens with zero attached hydrogens (tertiary/aromatic N) is 1. The Bertz CT molecular complexity index is 496. The molecule has 3 rings (SSSR count). The van der Waals surface area contributed by atoms with Crippen LogP contribution >= 0.6 is 0 Å². The van der Waals surface area contributed by atoms with Crippen molar-refractivity contribution in [1.82, 2.24) is 4.31 Å². The molecule has 0 aromatic heterocycles. The van der Waals surface area contributed by atoms with Gasteiger partial charge < -0.3 is 0 Å². The van der Waals surface area contributed by atoms with Gasteiger partial charge in [-0.3, -0.25) is 4.79 Å². The highest BCUT2D eigenvalue weighted by molar-refractivity contribution is 7.90. The average Bonchev–Trinajstić information content (AvgIpc) is 2.62. The fourth-order valence-electron chi connectivity index (χ4n) is 4.70. The summed E-state index contributed by atoms with van der Waals surface area (Å²) in [5.74, 6) is 0.438. The van der Waals surface area contributed by atoms with Crippen LogP contribution in [0.25, 0.3) is 0 Å². The third-order valence-corrected chi connectivity index (χ3v) is 7.71. The minimum Gasteiger partial charge on any atom is -0.274 e. The van der Waals surface area contributed by atoms with Crippen molar-refractivity contribution in [3.05, 3.63) is 0 Å². The van der Waals surface area contributed by atoms with Gasteiger partial charge in [0, 0.05) is 12.3 Å². The predicted octanol–water partition coefficient (Wildman–Crippen LogP) is 1.37. The first-order valence-electron chi connectivity index (χ1n) is 6.25. The molecule has 1 amide bonds. The summed E-state index contributed by atoms with van der Waals surface area (Å²) in [5, 5.41) is 0. The Morgan fingerprint density at radius 2 is 2.00 bits per heavy atom. The number of fused-ring (bicyclic) bond motifs is 1. The van der Waals surface area contributed by atoms with Crippen LogP contribution in [0.4, 0.5) is 0 Å². The molecule has 0 aromatic rings. The first-order chi connectivity index (χ1) is 7.72. The average molecular weight is 258 g/mol. The van der Waals surface area contributed by atoms with Gasteiger partial charge in [0.1, 0.15) is 0 Å². The van der Waals surface area contributed by atoms with E-state index < -0.39 is 10.0 Å².